The van der Waals surface area contributed by atoms with E-state index in [1.54, 1.807) is 12.4 Å². The second-order valence-corrected chi connectivity index (χ2v) is 5.97. The van der Waals surface area contributed by atoms with Crippen LogP contribution in [0, 0.1) is 5.92 Å². The smallest absolute Gasteiger partial charge is 0.155 e. The molecule has 1 aliphatic rings. The predicted octanol–water partition coefficient (Wildman–Crippen LogP) is 2.24. The Morgan fingerprint density at radius 3 is 2.90 bits per heavy atom. The van der Waals surface area contributed by atoms with Crippen LogP contribution in [0.3, 0.4) is 0 Å². The Balaban J connectivity index is 1.79. The molecule has 0 saturated carbocycles. The van der Waals surface area contributed by atoms with Crippen LogP contribution in [-0.4, -0.2) is 40.9 Å². The van der Waals surface area contributed by atoms with Crippen molar-refractivity contribution in [1.29, 1.82) is 0 Å². The first-order valence-electron chi connectivity index (χ1n) is 7.44. The van der Waals surface area contributed by atoms with Crippen molar-refractivity contribution in [2.45, 2.75) is 26.4 Å². The summed E-state index contributed by atoms with van der Waals surface area (Å²) in [7, 11) is 0. The Labute approximate surface area is 124 Å². The molecule has 21 heavy (non-hydrogen) atoms. The SMILES string of the molecule is CC(C)CCOc1cnc2c(N3CC(O)C3)nccc2c1. The number of aromatic nitrogens is 2. The van der Waals surface area contributed by atoms with Gasteiger partial charge in [0.15, 0.2) is 5.82 Å². The van der Waals surface area contributed by atoms with Gasteiger partial charge >= 0.3 is 0 Å². The second kappa shape index (κ2) is 5.85. The van der Waals surface area contributed by atoms with E-state index in [2.05, 4.69) is 23.8 Å². The van der Waals surface area contributed by atoms with Crippen LogP contribution < -0.4 is 9.64 Å². The van der Waals surface area contributed by atoms with Crippen LogP contribution in [0.5, 0.6) is 5.75 Å². The molecule has 2 aromatic rings. The van der Waals surface area contributed by atoms with Crippen molar-refractivity contribution >= 4 is 16.7 Å². The van der Waals surface area contributed by atoms with Gasteiger partial charge in [0.05, 0.1) is 18.9 Å². The topological polar surface area (TPSA) is 58.5 Å². The number of pyridine rings is 2. The zero-order valence-corrected chi connectivity index (χ0v) is 12.5. The molecule has 0 radical (unpaired) electrons. The first-order chi connectivity index (χ1) is 10.1. The Morgan fingerprint density at radius 2 is 2.19 bits per heavy atom. The number of fused-ring (bicyclic) bond motifs is 1. The highest BCUT2D eigenvalue weighted by atomic mass is 16.5. The quantitative estimate of drug-likeness (QED) is 0.914. The van der Waals surface area contributed by atoms with Gasteiger partial charge in [0, 0.05) is 24.7 Å². The monoisotopic (exact) mass is 287 g/mol. The molecule has 0 unspecified atom stereocenters. The molecule has 1 saturated heterocycles. The van der Waals surface area contributed by atoms with Crippen LogP contribution in [0.25, 0.3) is 10.9 Å². The lowest BCUT2D eigenvalue weighted by Crippen LogP contribution is -2.51. The minimum Gasteiger partial charge on any atom is -0.492 e. The summed E-state index contributed by atoms with van der Waals surface area (Å²) in [6.45, 7) is 6.32. The number of anilines is 1. The summed E-state index contributed by atoms with van der Waals surface area (Å²) in [5.41, 5.74) is 0.862. The summed E-state index contributed by atoms with van der Waals surface area (Å²) >= 11 is 0. The molecule has 3 rings (SSSR count). The molecule has 5 heteroatoms. The number of hydrogen-bond acceptors (Lipinski definition) is 5. The lowest BCUT2D eigenvalue weighted by Gasteiger charge is -2.37. The molecular weight excluding hydrogens is 266 g/mol. The van der Waals surface area contributed by atoms with Crippen LogP contribution in [0.15, 0.2) is 24.5 Å². The molecule has 0 atom stereocenters. The summed E-state index contributed by atoms with van der Waals surface area (Å²) in [4.78, 5) is 10.9. The normalized spacial score (nSPS) is 15.5. The molecule has 2 aromatic heterocycles. The van der Waals surface area contributed by atoms with Gasteiger partial charge in [0.1, 0.15) is 11.3 Å². The van der Waals surface area contributed by atoms with Gasteiger partial charge < -0.3 is 14.7 Å². The first kappa shape index (κ1) is 14.1. The maximum atomic E-state index is 9.43. The van der Waals surface area contributed by atoms with Crippen molar-refractivity contribution < 1.29 is 9.84 Å². The van der Waals surface area contributed by atoms with Crippen molar-refractivity contribution in [3.05, 3.63) is 24.5 Å². The fourth-order valence-corrected chi connectivity index (χ4v) is 2.38. The van der Waals surface area contributed by atoms with Crippen LogP contribution in [0.1, 0.15) is 20.3 Å². The van der Waals surface area contributed by atoms with Gasteiger partial charge in [-0.25, -0.2) is 9.97 Å². The fourth-order valence-electron chi connectivity index (χ4n) is 2.38. The Hall–Kier alpha value is -1.88. The van der Waals surface area contributed by atoms with Crippen LogP contribution in [0.4, 0.5) is 5.82 Å². The lowest BCUT2D eigenvalue weighted by atomic mass is 10.1. The van der Waals surface area contributed by atoms with Gasteiger partial charge in [0.2, 0.25) is 0 Å². The summed E-state index contributed by atoms with van der Waals surface area (Å²) in [5.74, 6) is 2.27. The third-order valence-electron chi connectivity index (χ3n) is 3.68. The van der Waals surface area contributed by atoms with E-state index in [1.807, 2.05) is 17.0 Å². The molecule has 1 fully saturated rings. The Morgan fingerprint density at radius 1 is 1.38 bits per heavy atom. The number of aliphatic hydroxyl groups excluding tert-OH is 1. The minimum atomic E-state index is -0.249. The third-order valence-corrected chi connectivity index (χ3v) is 3.68. The van der Waals surface area contributed by atoms with Crippen LogP contribution >= 0.6 is 0 Å². The predicted molar refractivity (Wildman–Crippen MR) is 82.7 cm³/mol. The zero-order chi connectivity index (χ0) is 14.8. The van der Waals surface area contributed by atoms with Crippen molar-refractivity contribution in [2.75, 3.05) is 24.6 Å². The summed E-state index contributed by atoms with van der Waals surface area (Å²) in [6, 6.07) is 3.95. The molecule has 5 nitrogen and oxygen atoms in total. The van der Waals surface area contributed by atoms with Gasteiger partial charge in [-0.2, -0.15) is 0 Å². The van der Waals surface area contributed by atoms with E-state index in [9.17, 15) is 5.11 Å². The van der Waals surface area contributed by atoms with Gasteiger partial charge in [0.25, 0.3) is 0 Å². The van der Waals surface area contributed by atoms with Crippen molar-refractivity contribution in [3.8, 4) is 5.75 Å². The summed E-state index contributed by atoms with van der Waals surface area (Å²) in [6.07, 6.45) is 4.32. The van der Waals surface area contributed by atoms with Gasteiger partial charge in [-0.15, -0.1) is 0 Å². The van der Waals surface area contributed by atoms with Crippen molar-refractivity contribution in [1.82, 2.24) is 9.97 Å². The largest absolute Gasteiger partial charge is 0.492 e. The average molecular weight is 287 g/mol. The molecule has 0 amide bonds. The molecule has 112 valence electrons. The molecule has 1 aliphatic heterocycles. The second-order valence-electron chi connectivity index (χ2n) is 5.97. The maximum absolute atomic E-state index is 9.43. The van der Waals surface area contributed by atoms with Gasteiger partial charge in [-0.3, -0.25) is 0 Å². The molecule has 0 aliphatic carbocycles. The molecule has 0 aromatic carbocycles. The van der Waals surface area contributed by atoms with Crippen molar-refractivity contribution in [2.24, 2.45) is 5.92 Å². The van der Waals surface area contributed by atoms with E-state index >= 15 is 0 Å². The van der Waals surface area contributed by atoms with E-state index in [1.165, 1.54) is 0 Å². The molecule has 0 spiro atoms. The highest BCUT2D eigenvalue weighted by Crippen LogP contribution is 2.28. The molecular formula is C16H21N3O2. The highest BCUT2D eigenvalue weighted by Gasteiger charge is 2.27. The molecule has 1 N–H and O–H groups in total. The average Bonchev–Trinajstić information content (AvgIpc) is 2.43. The molecule has 0 bridgehead atoms. The van der Waals surface area contributed by atoms with Crippen LogP contribution in [0.2, 0.25) is 0 Å². The number of nitrogens with zero attached hydrogens (tertiary/aromatic N) is 3. The summed E-state index contributed by atoms with van der Waals surface area (Å²) < 4.78 is 5.75. The molecule has 3 heterocycles. The maximum Gasteiger partial charge on any atom is 0.155 e. The third kappa shape index (κ3) is 3.08. The van der Waals surface area contributed by atoms with Crippen LogP contribution in [-0.2, 0) is 0 Å². The van der Waals surface area contributed by atoms with Crippen molar-refractivity contribution in [3.63, 3.8) is 0 Å². The van der Waals surface area contributed by atoms with E-state index in [0.717, 1.165) is 28.9 Å². The minimum absolute atomic E-state index is 0.249. The Kier molecular flexibility index (Phi) is 3.92. The summed E-state index contributed by atoms with van der Waals surface area (Å²) in [5, 5.41) is 10.4. The highest BCUT2D eigenvalue weighted by molar-refractivity contribution is 5.89. The first-order valence-corrected chi connectivity index (χ1v) is 7.44. The number of β-amino-alcohol motifs (C(OH)–C–C–N with tert-alkyl or cyclic N) is 1. The van der Waals surface area contributed by atoms with E-state index in [-0.39, 0.29) is 6.10 Å². The number of hydrogen-bond donors (Lipinski definition) is 1. The van der Waals surface area contributed by atoms with Gasteiger partial charge in [-0.1, -0.05) is 13.8 Å². The zero-order valence-electron chi connectivity index (χ0n) is 12.5. The standard InChI is InChI=1S/C16H21N3O2/c1-11(2)4-6-21-14-7-12-3-5-17-16(15(12)18-8-14)19-9-13(20)10-19/h3,5,7-8,11,13,20H,4,6,9-10H2,1-2H3. The number of rotatable bonds is 5. The number of ether oxygens (including phenoxy) is 1. The number of aliphatic hydroxyl groups is 1. The lowest BCUT2D eigenvalue weighted by molar-refractivity contribution is 0.141. The van der Waals surface area contributed by atoms with E-state index in [4.69, 9.17) is 4.74 Å². The van der Waals surface area contributed by atoms with E-state index < -0.39 is 0 Å². The Bertz CT molecular complexity index is 624. The van der Waals surface area contributed by atoms with E-state index in [0.29, 0.717) is 25.6 Å². The van der Waals surface area contributed by atoms with Gasteiger partial charge in [-0.05, 0) is 24.5 Å². The fraction of sp³-hybridized carbons (Fsp3) is 0.500.